The van der Waals surface area contributed by atoms with Gasteiger partial charge in [0.05, 0.1) is 10.5 Å². The highest BCUT2D eigenvalue weighted by Gasteiger charge is 2.24. The van der Waals surface area contributed by atoms with E-state index in [1.165, 1.54) is 18.2 Å². The molecule has 150 valence electrons. The normalized spacial score (nSPS) is 10.7. The van der Waals surface area contributed by atoms with Crippen LogP contribution in [0.1, 0.15) is 28.4 Å². The van der Waals surface area contributed by atoms with Crippen LogP contribution in [0.2, 0.25) is 0 Å². The molecule has 0 saturated carbocycles. The van der Waals surface area contributed by atoms with Gasteiger partial charge in [-0.1, -0.05) is 13.0 Å². The SMILES string of the molecule is CCc1c(-c2ccc([N+](=O)[O-])cc2)sc(NCc2c(F)cccc2F)c1C(=O)O. The Labute approximate surface area is 168 Å². The largest absolute Gasteiger partial charge is 0.478 e. The number of anilines is 1. The van der Waals surface area contributed by atoms with Gasteiger partial charge in [-0.2, -0.15) is 0 Å². The lowest BCUT2D eigenvalue weighted by Gasteiger charge is -2.08. The van der Waals surface area contributed by atoms with Gasteiger partial charge in [0.15, 0.2) is 0 Å². The number of non-ortho nitro benzene ring substituents is 1. The van der Waals surface area contributed by atoms with Gasteiger partial charge in [0.1, 0.15) is 16.6 Å². The van der Waals surface area contributed by atoms with Crippen LogP contribution in [0.5, 0.6) is 0 Å². The van der Waals surface area contributed by atoms with Crippen molar-refractivity contribution in [3.05, 3.63) is 80.9 Å². The number of nitro benzene ring substituents is 1. The number of aromatic carboxylic acids is 1. The van der Waals surface area contributed by atoms with Crippen molar-refractivity contribution in [2.75, 3.05) is 5.32 Å². The topological polar surface area (TPSA) is 92.5 Å². The summed E-state index contributed by atoms with van der Waals surface area (Å²) < 4.78 is 27.8. The lowest BCUT2D eigenvalue weighted by molar-refractivity contribution is -0.384. The number of hydrogen-bond acceptors (Lipinski definition) is 5. The third kappa shape index (κ3) is 4.09. The number of nitro groups is 1. The van der Waals surface area contributed by atoms with Gasteiger partial charge < -0.3 is 10.4 Å². The van der Waals surface area contributed by atoms with E-state index in [0.717, 1.165) is 23.5 Å². The van der Waals surface area contributed by atoms with Gasteiger partial charge in [-0.05, 0) is 41.8 Å². The predicted octanol–water partition coefficient (Wildman–Crippen LogP) is 5.47. The van der Waals surface area contributed by atoms with Gasteiger partial charge in [0.2, 0.25) is 0 Å². The van der Waals surface area contributed by atoms with Crippen molar-refractivity contribution in [2.45, 2.75) is 19.9 Å². The summed E-state index contributed by atoms with van der Waals surface area (Å²) in [6, 6.07) is 9.31. The fraction of sp³-hybridized carbons (Fsp3) is 0.150. The lowest BCUT2D eigenvalue weighted by atomic mass is 10.0. The van der Waals surface area contributed by atoms with Gasteiger partial charge in [0, 0.05) is 29.1 Å². The van der Waals surface area contributed by atoms with Crippen LogP contribution >= 0.6 is 11.3 Å². The number of rotatable bonds is 7. The number of hydrogen-bond donors (Lipinski definition) is 2. The summed E-state index contributed by atoms with van der Waals surface area (Å²) in [7, 11) is 0. The zero-order valence-electron chi connectivity index (χ0n) is 15.2. The Morgan fingerprint density at radius 2 is 1.76 bits per heavy atom. The van der Waals surface area contributed by atoms with Crippen molar-refractivity contribution >= 4 is 28.0 Å². The average Bonchev–Trinajstić information content (AvgIpc) is 3.06. The zero-order valence-corrected chi connectivity index (χ0v) is 16.1. The second-order valence-corrected chi connectivity index (χ2v) is 7.15. The van der Waals surface area contributed by atoms with E-state index in [4.69, 9.17) is 0 Å². The van der Waals surface area contributed by atoms with Crippen LogP contribution in [0.4, 0.5) is 19.5 Å². The number of nitrogens with zero attached hydrogens (tertiary/aromatic N) is 1. The van der Waals surface area contributed by atoms with Gasteiger partial charge in [-0.25, -0.2) is 13.6 Å². The van der Waals surface area contributed by atoms with Crippen LogP contribution in [0, 0.1) is 21.7 Å². The van der Waals surface area contributed by atoms with E-state index in [2.05, 4.69) is 5.32 Å². The third-order valence-electron chi connectivity index (χ3n) is 4.40. The summed E-state index contributed by atoms with van der Waals surface area (Å²) in [5.41, 5.74) is 0.947. The Morgan fingerprint density at radius 3 is 2.28 bits per heavy atom. The van der Waals surface area contributed by atoms with E-state index >= 15 is 0 Å². The predicted molar refractivity (Wildman–Crippen MR) is 106 cm³/mol. The second kappa shape index (κ2) is 8.36. The second-order valence-electron chi connectivity index (χ2n) is 6.13. The molecule has 29 heavy (non-hydrogen) atoms. The highest BCUT2D eigenvalue weighted by molar-refractivity contribution is 7.20. The molecular formula is C20H16F2N2O4S. The van der Waals surface area contributed by atoms with Crippen molar-refractivity contribution in [3.8, 4) is 10.4 Å². The molecule has 9 heteroatoms. The minimum atomic E-state index is -1.16. The molecule has 0 amide bonds. The molecule has 0 saturated heterocycles. The molecule has 2 aromatic carbocycles. The molecule has 0 spiro atoms. The summed E-state index contributed by atoms with van der Waals surface area (Å²) in [5.74, 6) is -2.61. The van der Waals surface area contributed by atoms with Crippen molar-refractivity contribution in [2.24, 2.45) is 0 Å². The molecule has 1 aromatic heterocycles. The number of carboxylic acids is 1. The number of carboxylic acid groups (broad SMARTS) is 1. The molecule has 6 nitrogen and oxygen atoms in total. The van der Waals surface area contributed by atoms with Gasteiger partial charge in [-0.15, -0.1) is 11.3 Å². The summed E-state index contributed by atoms with van der Waals surface area (Å²) in [6.07, 6.45) is 0.403. The first-order valence-electron chi connectivity index (χ1n) is 8.64. The van der Waals surface area contributed by atoms with Crippen LogP contribution in [0.25, 0.3) is 10.4 Å². The monoisotopic (exact) mass is 418 g/mol. The van der Waals surface area contributed by atoms with Crippen molar-refractivity contribution < 1.29 is 23.6 Å². The van der Waals surface area contributed by atoms with E-state index < -0.39 is 22.5 Å². The number of benzene rings is 2. The Bertz CT molecular complexity index is 1060. The van der Waals surface area contributed by atoms with Crippen LogP contribution in [-0.4, -0.2) is 16.0 Å². The maximum absolute atomic E-state index is 13.9. The minimum absolute atomic E-state index is 0.0302. The molecule has 0 fully saturated rings. The lowest BCUT2D eigenvalue weighted by Crippen LogP contribution is -2.08. The van der Waals surface area contributed by atoms with Crippen LogP contribution < -0.4 is 5.32 Å². The zero-order chi connectivity index (χ0) is 21.1. The Morgan fingerprint density at radius 1 is 1.14 bits per heavy atom. The molecule has 0 radical (unpaired) electrons. The first-order valence-corrected chi connectivity index (χ1v) is 9.45. The number of thiophene rings is 1. The molecular weight excluding hydrogens is 402 g/mol. The van der Waals surface area contributed by atoms with Crippen LogP contribution in [-0.2, 0) is 13.0 Å². The standard InChI is InChI=1S/C20H16F2N2O4S/c1-2-13-17(20(25)26)19(23-10-14-15(21)4-3-5-16(14)22)29-18(13)11-6-8-12(9-7-11)24(27)28/h3-9,23H,2,10H2,1H3,(H,25,26). The molecule has 2 N–H and O–H groups in total. The minimum Gasteiger partial charge on any atom is -0.478 e. The third-order valence-corrected chi connectivity index (χ3v) is 5.64. The quantitative estimate of drug-likeness (QED) is 0.392. The molecule has 0 aliphatic heterocycles. The van der Waals surface area contributed by atoms with E-state index in [9.17, 15) is 28.8 Å². The summed E-state index contributed by atoms with van der Waals surface area (Å²) in [4.78, 5) is 22.8. The fourth-order valence-corrected chi connectivity index (χ4v) is 4.28. The average molecular weight is 418 g/mol. The summed E-state index contributed by atoms with van der Waals surface area (Å²) in [6.45, 7) is 1.58. The molecule has 3 aromatic rings. The smallest absolute Gasteiger partial charge is 0.339 e. The van der Waals surface area contributed by atoms with E-state index in [-0.39, 0.29) is 28.4 Å². The van der Waals surface area contributed by atoms with Crippen molar-refractivity contribution in [1.82, 2.24) is 0 Å². The van der Waals surface area contributed by atoms with Crippen LogP contribution in [0.15, 0.2) is 42.5 Å². The Hall–Kier alpha value is -3.33. The molecule has 1 heterocycles. The highest BCUT2D eigenvalue weighted by Crippen LogP contribution is 2.41. The van der Waals surface area contributed by atoms with Gasteiger partial charge >= 0.3 is 5.97 Å². The number of halogens is 2. The first-order chi connectivity index (χ1) is 13.8. The Kier molecular flexibility index (Phi) is 5.88. The molecule has 0 aliphatic carbocycles. The Balaban J connectivity index is 2.01. The molecule has 0 atom stereocenters. The van der Waals surface area contributed by atoms with Gasteiger partial charge in [0.25, 0.3) is 5.69 Å². The first kappa shape index (κ1) is 20.4. The molecule has 0 aliphatic rings. The van der Waals surface area contributed by atoms with E-state index in [1.807, 2.05) is 0 Å². The van der Waals surface area contributed by atoms with E-state index in [1.54, 1.807) is 19.1 Å². The molecule has 0 unspecified atom stereocenters. The van der Waals surface area contributed by atoms with Crippen molar-refractivity contribution in [1.29, 1.82) is 0 Å². The maximum atomic E-state index is 13.9. The van der Waals surface area contributed by atoms with E-state index in [0.29, 0.717) is 22.4 Å². The maximum Gasteiger partial charge on any atom is 0.339 e. The molecule has 3 rings (SSSR count). The van der Waals surface area contributed by atoms with Crippen molar-refractivity contribution in [3.63, 3.8) is 0 Å². The summed E-state index contributed by atoms with van der Waals surface area (Å²) >= 11 is 1.13. The highest BCUT2D eigenvalue weighted by atomic mass is 32.1. The summed E-state index contributed by atoms with van der Waals surface area (Å²) in [5, 5.41) is 23.6. The number of nitrogens with one attached hydrogen (secondary N) is 1. The van der Waals surface area contributed by atoms with Gasteiger partial charge in [-0.3, -0.25) is 10.1 Å². The molecule has 0 bridgehead atoms. The fourth-order valence-electron chi connectivity index (χ4n) is 2.99. The number of carbonyl (C=O) groups is 1. The van der Waals surface area contributed by atoms with Crippen LogP contribution in [0.3, 0.4) is 0 Å².